The van der Waals surface area contributed by atoms with Crippen LogP contribution >= 0.6 is 0 Å². The molecule has 12 nitrogen and oxygen atoms in total. The van der Waals surface area contributed by atoms with E-state index in [-0.39, 0.29) is 50.5 Å². The third kappa shape index (κ3) is 6.01. The number of benzene rings is 1. The molecule has 0 unspecified atom stereocenters. The number of carbonyl (C=O) groups excluding carboxylic acids is 1. The molecule has 3 heterocycles. The second-order valence-electron chi connectivity index (χ2n) is 9.74. The van der Waals surface area contributed by atoms with Crippen LogP contribution in [0.25, 0.3) is 0 Å². The maximum atomic E-state index is 13.3. The van der Waals surface area contributed by atoms with Crippen molar-refractivity contribution in [2.45, 2.75) is 51.6 Å². The van der Waals surface area contributed by atoms with Gasteiger partial charge in [-0.2, -0.15) is 0 Å². The molecule has 0 spiro atoms. The topological polar surface area (TPSA) is 143 Å². The molecule has 2 aliphatic heterocycles. The van der Waals surface area contributed by atoms with Gasteiger partial charge in [-0.1, -0.05) is 13.8 Å². The molecule has 4 rings (SSSR count). The number of carboxylic acid groups (broad SMARTS) is 1. The summed E-state index contributed by atoms with van der Waals surface area (Å²) in [4.78, 5) is 33.6. The number of nitrogens with zero attached hydrogens (tertiary/aromatic N) is 3. The molecular formula is C27H37N3O9. The first-order valence-electron chi connectivity index (χ1n) is 13.2. The highest BCUT2D eigenvalue weighted by atomic mass is 16.7. The molecule has 1 amide bonds. The minimum absolute atomic E-state index is 0.0417. The van der Waals surface area contributed by atoms with Crippen LogP contribution < -0.4 is 14.2 Å². The first-order chi connectivity index (χ1) is 18.8. The fourth-order valence-electron chi connectivity index (χ4n) is 5.41. The van der Waals surface area contributed by atoms with E-state index in [1.54, 1.807) is 12.1 Å². The van der Waals surface area contributed by atoms with Crippen LogP contribution in [0.4, 0.5) is 0 Å². The highest BCUT2D eigenvalue weighted by molar-refractivity contribution is 5.78. The molecule has 1 saturated heterocycles. The quantitative estimate of drug-likeness (QED) is 0.320. The summed E-state index contributed by atoms with van der Waals surface area (Å²) >= 11 is 0. The van der Waals surface area contributed by atoms with Crippen molar-refractivity contribution in [1.82, 2.24) is 14.5 Å². The number of aromatic nitrogens is 1. The lowest BCUT2D eigenvalue weighted by molar-refractivity contribution is -0.188. The third-order valence-corrected chi connectivity index (χ3v) is 7.22. The number of aromatic hydroxyl groups is 2. The van der Waals surface area contributed by atoms with E-state index in [0.29, 0.717) is 42.4 Å². The zero-order valence-corrected chi connectivity index (χ0v) is 22.5. The van der Waals surface area contributed by atoms with E-state index in [1.807, 2.05) is 18.7 Å². The monoisotopic (exact) mass is 547 g/mol. The number of hydrogen-bond acceptors (Lipinski definition) is 9. The summed E-state index contributed by atoms with van der Waals surface area (Å²) in [6, 6.07) is 5.69. The molecular weight excluding hydrogens is 510 g/mol. The maximum absolute atomic E-state index is 13.3. The van der Waals surface area contributed by atoms with Crippen LogP contribution in [-0.4, -0.2) is 87.9 Å². The Hall–Kier alpha value is -3.64. The number of likely N-dealkylation sites (tertiary alicyclic amines) is 1. The van der Waals surface area contributed by atoms with E-state index in [4.69, 9.17) is 19.0 Å². The van der Waals surface area contributed by atoms with Crippen molar-refractivity contribution < 1.29 is 44.0 Å². The van der Waals surface area contributed by atoms with Gasteiger partial charge in [-0.05, 0) is 37.0 Å². The molecule has 1 fully saturated rings. The molecule has 2 aliphatic rings. The average molecular weight is 548 g/mol. The molecule has 3 N–H and O–H groups in total. The number of amides is 1. The van der Waals surface area contributed by atoms with Crippen LogP contribution in [0.5, 0.6) is 29.0 Å². The van der Waals surface area contributed by atoms with Crippen molar-refractivity contribution >= 4 is 11.9 Å². The number of aliphatic carboxylic acids is 1. The van der Waals surface area contributed by atoms with Gasteiger partial charge in [0, 0.05) is 43.7 Å². The summed E-state index contributed by atoms with van der Waals surface area (Å²) in [7, 11) is 1.51. The highest BCUT2D eigenvalue weighted by Gasteiger charge is 2.47. The van der Waals surface area contributed by atoms with Crippen LogP contribution in [-0.2, 0) is 21.0 Å². The van der Waals surface area contributed by atoms with Gasteiger partial charge in [-0.3, -0.25) is 23.9 Å². The van der Waals surface area contributed by atoms with Crippen LogP contribution in [0, 0.1) is 5.92 Å². The zero-order chi connectivity index (χ0) is 28.1. The number of ether oxygens (including phenoxy) is 3. The van der Waals surface area contributed by atoms with Gasteiger partial charge in [0.1, 0.15) is 0 Å². The van der Waals surface area contributed by atoms with Crippen molar-refractivity contribution in [3.63, 3.8) is 0 Å². The van der Waals surface area contributed by atoms with Gasteiger partial charge in [-0.25, -0.2) is 5.06 Å². The summed E-state index contributed by atoms with van der Waals surface area (Å²) in [6.07, 6.45) is 1.73. The Labute approximate surface area is 227 Å². The Kier molecular flexibility index (Phi) is 9.08. The molecule has 0 bridgehead atoms. The molecule has 1 aromatic heterocycles. The average Bonchev–Trinajstić information content (AvgIpc) is 3.62. The molecule has 214 valence electrons. The Bertz CT molecular complexity index is 1150. The third-order valence-electron chi connectivity index (χ3n) is 7.22. The number of carbonyl (C=O) groups is 2. The number of rotatable bonds is 13. The lowest BCUT2D eigenvalue weighted by atomic mass is 9.84. The molecule has 3 atom stereocenters. The smallest absolute Gasteiger partial charge is 0.308 e. The van der Waals surface area contributed by atoms with Gasteiger partial charge < -0.3 is 29.5 Å². The van der Waals surface area contributed by atoms with Crippen LogP contribution in [0.2, 0.25) is 0 Å². The van der Waals surface area contributed by atoms with Crippen molar-refractivity contribution in [3.8, 4) is 29.0 Å². The van der Waals surface area contributed by atoms with Gasteiger partial charge >= 0.3 is 5.97 Å². The number of hydrogen-bond donors (Lipinski definition) is 3. The van der Waals surface area contributed by atoms with E-state index in [1.165, 1.54) is 28.9 Å². The Balaban J connectivity index is 1.66. The SMILES string of the molecule is CCCON(CCC)C(=O)CN1C[C@H](c2cc(OC)c3c(c2)OCO3)[C@@H](C(=O)O)[C@@H]1CCn1c(O)ccc1O. The fourth-order valence-corrected chi connectivity index (χ4v) is 5.41. The molecule has 0 radical (unpaired) electrons. The second-order valence-corrected chi connectivity index (χ2v) is 9.74. The summed E-state index contributed by atoms with van der Waals surface area (Å²) in [5.74, 6) is -1.51. The summed E-state index contributed by atoms with van der Waals surface area (Å²) < 4.78 is 17.9. The van der Waals surface area contributed by atoms with E-state index in [2.05, 4.69) is 0 Å². The summed E-state index contributed by atoms with van der Waals surface area (Å²) in [5, 5.41) is 32.1. The zero-order valence-electron chi connectivity index (χ0n) is 22.5. The predicted molar refractivity (Wildman–Crippen MR) is 139 cm³/mol. The molecule has 12 heteroatoms. The van der Waals surface area contributed by atoms with E-state index < -0.39 is 23.8 Å². The van der Waals surface area contributed by atoms with Crippen molar-refractivity contribution in [3.05, 3.63) is 29.8 Å². The summed E-state index contributed by atoms with van der Waals surface area (Å²) in [6.45, 7) is 5.18. The number of fused-ring (bicyclic) bond motifs is 1. The van der Waals surface area contributed by atoms with Crippen molar-refractivity contribution in [2.75, 3.05) is 40.1 Å². The molecule has 2 aromatic rings. The molecule has 1 aromatic carbocycles. The number of hydroxylamine groups is 2. The van der Waals surface area contributed by atoms with Gasteiger partial charge in [0.05, 0.1) is 26.2 Å². The van der Waals surface area contributed by atoms with E-state index in [9.17, 15) is 24.9 Å². The van der Waals surface area contributed by atoms with Gasteiger partial charge in [0.2, 0.25) is 12.5 Å². The van der Waals surface area contributed by atoms with E-state index in [0.717, 1.165) is 6.42 Å². The van der Waals surface area contributed by atoms with Crippen LogP contribution in [0.3, 0.4) is 0 Å². The number of methoxy groups -OCH3 is 1. The molecule has 39 heavy (non-hydrogen) atoms. The van der Waals surface area contributed by atoms with Gasteiger partial charge in [-0.15, -0.1) is 0 Å². The minimum Gasteiger partial charge on any atom is -0.494 e. The summed E-state index contributed by atoms with van der Waals surface area (Å²) in [5.41, 5.74) is 0.697. The largest absolute Gasteiger partial charge is 0.494 e. The first kappa shape index (κ1) is 28.4. The van der Waals surface area contributed by atoms with E-state index >= 15 is 0 Å². The first-order valence-corrected chi connectivity index (χ1v) is 13.2. The number of carboxylic acids is 1. The normalized spacial score (nSPS) is 20.3. The lowest BCUT2D eigenvalue weighted by Gasteiger charge is -2.29. The Morgan fingerprint density at radius 1 is 1.13 bits per heavy atom. The fraction of sp³-hybridized carbons (Fsp3) is 0.556. The van der Waals surface area contributed by atoms with Crippen molar-refractivity contribution in [2.24, 2.45) is 5.92 Å². The molecule has 0 aliphatic carbocycles. The Morgan fingerprint density at radius 3 is 2.51 bits per heavy atom. The second kappa shape index (κ2) is 12.5. The van der Waals surface area contributed by atoms with Crippen molar-refractivity contribution in [1.29, 1.82) is 0 Å². The Morgan fingerprint density at radius 2 is 1.87 bits per heavy atom. The van der Waals surface area contributed by atoms with Crippen LogP contribution in [0.1, 0.15) is 44.6 Å². The van der Waals surface area contributed by atoms with Gasteiger partial charge in [0.25, 0.3) is 5.91 Å². The molecule has 0 saturated carbocycles. The van der Waals surface area contributed by atoms with Gasteiger partial charge in [0.15, 0.2) is 23.3 Å². The standard InChI is InChI=1S/C27H37N3O9/c1-4-9-30(39-11-5-2)24(33)15-28-14-18(17-12-20(36-3)26-21(13-17)37-16-38-26)25(27(34)35)19(28)8-10-29-22(31)6-7-23(29)32/h6-7,12-13,18-19,25,31-32H,4-5,8-11,14-16H2,1-3H3,(H,34,35)/t18-,19+,25-/m1/s1. The maximum Gasteiger partial charge on any atom is 0.308 e. The highest BCUT2D eigenvalue weighted by Crippen LogP contribution is 2.47. The minimum atomic E-state index is -1.01. The lowest BCUT2D eigenvalue weighted by Crippen LogP contribution is -2.44. The van der Waals surface area contributed by atoms with Crippen LogP contribution in [0.15, 0.2) is 24.3 Å². The predicted octanol–water partition coefficient (Wildman–Crippen LogP) is 2.78.